The summed E-state index contributed by atoms with van der Waals surface area (Å²) in [4.78, 5) is 16.1. The summed E-state index contributed by atoms with van der Waals surface area (Å²) in [5.74, 6) is 0.0668. The first kappa shape index (κ1) is 20.7. The second-order valence-electron chi connectivity index (χ2n) is 6.43. The molecule has 2 aromatic carbocycles. The number of ketones is 1. The molecule has 0 amide bonds. The Labute approximate surface area is 179 Å². The SMILES string of the molecule is C=C(C(=O)CCl)c1ccc(NCc2nc(N)cc(N)c2-c2ccc(Cl)cc2)cc1. The van der Waals surface area contributed by atoms with Gasteiger partial charge in [0.2, 0.25) is 0 Å². The van der Waals surface area contributed by atoms with Crippen molar-refractivity contribution in [1.29, 1.82) is 0 Å². The summed E-state index contributed by atoms with van der Waals surface area (Å²) in [6, 6.07) is 16.4. The highest BCUT2D eigenvalue weighted by Gasteiger charge is 2.13. The number of anilines is 3. The summed E-state index contributed by atoms with van der Waals surface area (Å²) < 4.78 is 0. The van der Waals surface area contributed by atoms with E-state index in [1.54, 1.807) is 18.2 Å². The van der Waals surface area contributed by atoms with Gasteiger partial charge in [0.05, 0.1) is 18.1 Å². The Morgan fingerprint density at radius 3 is 2.34 bits per heavy atom. The third kappa shape index (κ3) is 4.88. The molecule has 148 valence electrons. The van der Waals surface area contributed by atoms with Gasteiger partial charge in [-0.2, -0.15) is 0 Å². The van der Waals surface area contributed by atoms with Crippen LogP contribution >= 0.6 is 23.2 Å². The van der Waals surface area contributed by atoms with E-state index in [0.717, 1.165) is 28.1 Å². The molecule has 0 aliphatic heterocycles. The summed E-state index contributed by atoms with van der Waals surface area (Å²) in [5.41, 5.74) is 17.1. The van der Waals surface area contributed by atoms with Crippen molar-refractivity contribution in [3.05, 3.63) is 77.5 Å². The molecule has 0 saturated heterocycles. The molecule has 1 heterocycles. The van der Waals surface area contributed by atoms with Crippen molar-refractivity contribution in [2.24, 2.45) is 0 Å². The predicted octanol–water partition coefficient (Wildman–Crippen LogP) is 5.00. The van der Waals surface area contributed by atoms with Crippen LogP contribution in [-0.2, 0) is 11.3 Å². The molecule has 7 heteroatoms. The highest BCUT2D eigenvalue weighted by Crippen LogP contribution is 2.31. The monoisotopic (exact) mass is 426 g/mol. The van der Waals surface area contributed by atoms with E-state index in [1.165, 1.54) is 0 Å². The van der Waals surface area contributed by atoms with Gasteiger partial charge in [0.25, 0.3) is 0 Å². The van der Waals surface area contributed by atoms with Crippen LogP contribution in [0.3, 0.4) is 0 Å². The molecule has 29 heavy (non-hydrogen) atoms. The molecule has 5 N–H and O–H groups in total. The van der Waals surface area contributed by atoms with Gasteiger partial charge in [-0.15, -0.1) is 11.6 Å². The molecular weight excluding hydrogens is 407 g/mol. The van der Waals surface area contributed by atoms with Crippen LogP contribution in [0.4, 0.5) is 17.2 Å². The average Bonchev–Trinajstić information content (AvgIpc) is 2.72. The fourth-order valence-corrected chi connectivity index (χ4v) is 3.22. The number of nitrogens with zero attached hydrogens (tertiary/aromatic N) is 1. The smallest absolute Gasteiger partial charge is 0.177 e. The lowest BCUT2D eigenvalue weighted by atomic mass is 10.0. The van der Waals surface area contributed by atoms with Crippen molar-refractivity contribution in [2.45, 2.75) is 6.54 Å². The minimum absolute atomic E-state index is 0.0885. The van der Waals surface area contributed by atoms with Crippen LogP contribution in [0.25, 0.3) is 16.7 Å². The van der Waals surface area contributed by atoms with Crippen LogP contribution in [0.15, 0.2) is 61.2 Å². The van der Waals surface area contributed by atoms with Crippen LogP contribution in [0.1, 0.15) is 11.3 Å². The van der Waals surface area contributed by atoms with E-state index in [2.05, 4.69) is 16.9 Å². The molecule has 1 aromatic heterocycles. The summed E-state index contributed by atoms with van der Waals surface area (Å²) >= 11 is 11.6. The number of benzene rings is 2. The topological polar surface area (TPSA) is 94.0 Å². The van der Waals surface area contributed by atoms with Gasteiger partial charge in [0, 0.05) is 33.6 Å². The minimum Gasteiger partial charge on any atom is -0.398 e. The first-order chi connectivity index (χ1) is 13.9. The number of hydrogen-bond donors (Lipinski definition) is 3. The molecule has 3 rings (SSSR count). The molecule has 0 bridgehead atoms. The Bertz CT molecular complexity index is 1050. The van der Waals surface area contributed by atoms with Gasteiger partial charge in [-0.1, -0.05) is 42.4 Å². The second kappa shape index (κ2) is 8.99. The summed E-state index contributed by atoms with van der Waals surface area (Å²) in [6.07, 6.45) is 0. The molecule has 0 atom stereocenters. The van der Waals surface area contributed by atoms with Crippen LogP contribution in [0.2, 0.25) is 5.02 Å². The molecule has 3 aromatic rings. The van der Waals surface area contributed by atoms with Gasteiger partial charge >= 0.3 is 0 Å². The lowest BCUT2D eigenvalue weighted by Gasteiger charge is -2.15. The van der Waals surface area contributed by atoms with E-state index in [9.17, 15) is 4.79 Å². The lowest BCUT2D eigenvalue weighted by molar-refractivity contribution is -0.111. The van der Waals surface area contributed by atoms with Crippen LogP contribution in [0.5, 0.6) is 0 Å². The highest BCUT2D eigenvalue weighted by molar-refractivity contribution is 6.37. The number of halogens is 2. The van der Waals surface area contributed by atoms with Gasteiger partial charge in [0.1, 0.15) is 5.82 Å². The normalized spacial score (nSPS) is 10.6. The molecule has 0 spiro atoms. The van der Waals surface area contributed by atoms with E-state index in [0.29, 0.717) is 28.6 Å². The quantitative estimate of drug-likeness (QED) is 0.365. The number of pyridine rings is 1. The molecule has 0 aliphatic carbocycles. The molecular formula is C22H20Cl2N4O. The number of allylic oxidation sites excluding steroid dienone is 1. The van der Waals surface area contributed by atoms with Crippen molar-refractivity contribution in [1.82, 2.24) is 4.98 Å². The Kier molecular flexibility index (Phi) is 6.42. The maximum Gasteiger partial charge on any atom is 0.177 e. The molecule has 0 fully saturated rings. The fourth-order valence-electron chi connectivity index (χ4n) is 2.94. The molecule has 5 nitrogen and oxygen atoms in total. The Morgan fingerprint density at radius 1 is 1.07 bits per heavy atom. The van der Waals surface area contributed by atoms with E-state index < -0.39 is 0 Å². The summed E-state index contributed by atoms with van der Waals surface area (Å²) in [6.45, 7) is 4.20. The van der Waals surface area contributed by atoms with Crippen molar-refractivity contribution >= 4 is 51.8 Å². The van der Waals surface area contributed by atoms with Crippen molar-refractivity contribution < 1.29 is 4.79 Å². The number of carbonyl (C=O) groups is 1. The second-order valence-corrected chi connectivity index (χ2v) is 7.13. The summed E-state index contributed by atoms with van der Waals surface area (Å²) in [7, 11) is 0. The van der Waals surface area contributed by atoms with Crippen molar-refractivity contribution in [3.63, 3.8) is 0 Å². The number of nitrogens with one attached hydrogen (secondary N) is 1. The fraction of sp³-hybridized carbons (Fsp3) is 0.0909. The van der Waals surface area contributed by atoms with Crippen LogP contribution in [0, 0.1) is 0 Å². The molecule has 0 unspecified atom stereocenters. The van der Waals surface area contributed by atoms with Gasteiger partial charge in [-0.3, -0.25) is 4.79 Å². The number of hydrogen-bond acceptors (Lipinski definition) is 5. The number of rotatable bonds is 7. The number of aromatic nitrogens is 1. The number of alkyl halides is 1. The molecule has 0 saturated carbocycles. The Morgan fingerprint density at radius 2 is 1.72 bits per heavy atom. The number of Topliss-reactive ketones (excluding diaryl/α,β-unsaturated/α-hetero) is 1. The van der Waals surface area contributed by atoms with E-state index in [1.807, 2.05) is 36.4 Å². The van der Waals surface area contributed by atoms with Gasteiger partial charge < -0.3 is 16.8 Å². The third-order valence-electron chi connectivity index (χ3n) is 4.43. The third-order valence-corrected chi connectivity index (χ3v) is 4.92. The zero-order chi connectivity index (χ0) is 21.0. The molecule has 0 aliphatic rings. The predicted molar refractivity (Wildman–Crippen MR) is 122 cm³/mol. The highest BCUT2D eigenvalue weighted by atomic mass is 35.5. The van der Waals surface area contributed by atoms with Gasteiger partial charge in [0.15, 0.2) is 5.78 Å². The number of nitrogens with two attached hydrogens (primary N) is 2. The van der Waals surface area contributed by atoms with Crippen molar-refractivity contribution in [3.8, 4) is 11.1 Å². The van der Waals surface area contributed by atoms with E-state index >= 15 is 0 Å². The Balaban J connectivity index is 1.83. The minimum atomic E-state index is -0.195. The zero-order valence-corrected chi connectivity index (χ0v) is 17.1. The lowest BCUT2D eigenvalue weighted by Crippen LogP contribution is -2.08. The van der Waals surface area contributed by atoms with Gasteiger partial charge in [-0.25, -0.2) is 4.98 Å². The standard InChI is InChI=1S/C22H20Cl2N4O/c1-13(20(29)11-23)14-4-8-17(9-5-14)27-12-19-22(18(25)10-21(26)28-19)15-2-6-16(24)7-3-15/h2-10,27H,1,11-12H2,(H4,25,26,28). The van der Waals surface area contributed by atoms with Crippen LogP contribution in [-0.4, -0.2) is 16.6 Å². The van der Waals surface area contributed by atoms with Crippen molar-refractivity contribution in [2.75, 3.05) is 22.7 Å². The van der Waals surface area contributed by atoms with Gasteiger partial charge in [-0.05, 0) is 35.4 Å². The maximum atomic E-state index is 11.7. The first-order valence-corrected chi connectivity index (χ1v) is 9.73. The number of nitrogen functional groups attached to an aromatic ring is 2. The average molecular weight is 427 g/mol. The van der Waals surface area contributed by atoms with E-state index in [4.69, 9.17) is 34.7 Å². The summed E-state index contributed by atoms with van der Waals surface area (Å²) in [5, 5.41) is 3.95. The first-order valence-electron chi connectivity index (χ1n) is 8.82. The largest absolute Gasteiger partial charge is 0.398 e. The number of carbonyl (C=O) groups excluding carboxylic acids is 1. The maximum absolute atomic E-state index is 11.7. The zero-order valence-electron chi connectivity index (χ0n) is 15.6. The van der Waals surface area contributed by atoms with E-state index in [-0.39, 0.29) is 11.7 Å². The Hall–Kier alpha value is -3.02. The van der Waals surface area contributed by atoms with Crippen LogP contribution < -0.4 is 16.8 Å². The molecule has 0 radical (unpaired) electrons.